The first kappa shape index (κ1) is 8.60. The second-order valence-corrected chi connectivity index (χ2v) is 3.24. The first-order chi connectivity index (χ1) is 5.15. The SMILES string of the molecule is CCn1cc(C(C)C)c(Cl)n1. The number of rotatable bonds is 2. The van der Waals surface area contributed by atoms with E-state index in [0.29, 0.717) is 11.1 Å². The summed E-state index contributed by atoms with van der Waals surface area (Å²) in [7, 11) is 0. The Labute approximate surface area is 72.2 Å². The van der Waals surface area contributed by atoms with E-state index in [1.54, 1.807) is 0 Å². The maximum Gasteiger partial charge on any atom is 0.154 e. The van der Waals surface area contributed by atoms with Crippen molar-refractivity contribution in [3.05, 3.63) is 16.9 Å². The summed E-state index contributed by atoms with van der Waals surface area (Å²) in [5, 5.41) is 4.77. The molecule has 0 fully saturated rings. The van der Waals surface area contributed by atoms with Crippen molar-refractivity contribution in [2.75, 3.05) is 0 Å². The fourth-order valence-corrected chi connectivity index (χ4v) is 1.33. The fraction of sp³-hybridized carbons (Fsp3) is 0.625. The average molecular weight is 173 g/mol. The highest BCUT2D eigenvalue weighted by molar-refractivity contribution is 6.30. The molecule has 0 aliphatic heterocycles. The summed E-state index contributed by atoms with van der Waals surface area (Å²) in [6, 6.07) is 0. The van der Waals surface area contributed by atoms with Gasteiger partial charge in [0, 0.05) is 18.3 Å². The monoisotopic (exact) mass is 172 g/mol. The van der Waals surface area contributed by atoms with Gasteiger partial charge in [-0.3, -0.25) is 4.68 Å². The lowest BCUT2D eigenvalue weighted by Crippen LogP contribution is -1.92. The van der Waals surface area contributed by atoms with Crippen LogP contribution in [-0.2, 0) is 6.54 Å². The number of aryl methyl sites for hydroxylation is 1. The second-order valence-electron chi connectivity index (χ2n) is 2.89. The van der Waals surface area contributed by atoms with E-state index in [1.165, 1.54) is 0 Å². The predicted octanol–water partition coefficient (Wildman–Crippen LogP) is 2.68. The Morgan fingerprint density at radius 3 is 2.55 bits per heavy atom. The summed E-state index contributed by atoms with van der Waals surface area (Å²) < 4.78 is 1.86. The lowest BCUT2D eigenvalue weighted by atomic mass is 10.1. The van der Waals surface area contributed by atoms with Crippen molar-refractivity contribution in [1.82, 2.24) is 9.78 Å². The highest BCUT2D eigenvalue weighted by Gasteiger charge is 2.08. The van der Waals surface area contributed by atoms with Crippen LogP contribution in [0.15, 0.2) is 6.20 Å². The summed E-state index contributed by atoms with van der Waals surface area (Å²) in [5.74, 6) is 0.461. The molecule has 0 aromatic carbocycles. The van der Waals surface area contributed by atoms with E-state index >= 15 is 0 Å². The topological polar surface area (TPSA) is 17.8 Å². The third kappa shape index (κ3) is 1.74. The second kappa shape index (κ2) is 3.26. The Morgan fingerprint density at radius 2 is 2.27 bits per heavy atom. The van der Waals surface area contributed by atoms with Crippen LogP contribution in [0.2, 0.25) is 5.15 Å². The molecule has 1 aromatic rings. The number of hydrogen-bond acceptors (Lipinski definition) is 1. The lowest BCUT2D eigenvalue weighted by molar-refractivity contribution is 0.658. The quantitative estimate of drug-likeness (QED) is 0.671. The molecule has 1 rings (SSSR count). The van der Waals surface area contributed by atoms with Crippen LogP contribution in [-0.4, -0.2) is 9.78 Å². The van der Waals surface area contributed by atoms with E-state index < -0.39 is 0 Å². The number of hydrogen-bond donors (Lipinski definition) is 0. The van der Waals surface area contributed by atoms with Gasteiger partial charge < -0.3 is 0 Å². The highest BCUT2D eigenvalue weighted by atomic mass is 35.5. The third-order valence-electron chi connectivity index (χ3n) is 1.69. The van der Waals surface area contributed by atoms with Gasteiger partial charge in [-0.2, -0.15) is 5.10 Å². The number of nitrogens with zero attached hydrogens (tertiary/aromatic N) is 2. The van der Waals surface area contributed by atoms with Gasteiger partial charge in [0.15, 0.2) is 5.15 Å². The van der Waals surface area contributed by atoms with Gasteiger partial charge in [0.25, 0.3) is 0 Å². The molecule has 62 valence electrons. The molecule has 0 aliphatic carbocycles. The third-order valence-corrected chi connectivity index (χ3v) is 1.98. The minimum absolute atomic E-state index is 0.461. The molecule has 11 heavy (non-hydrogen) atoms. The molecule has 3 heteroatoms. The number of aromatic nitrogens is 2. The minimum Gasteiger partial charge on any atom is -0.271 e. The Balaban J connectivity index is 2.97. The van der Waals surface area contributed by atoms with Crippen LogP contribution < -0.4 is 0 Å². The smallest absolute Gasteiger partial charge is 0.154 e. The first-order valence-corrected chi connectivity index (χ1v) is 4.25. The zero-order valence-corrected chi connectivity index (χ0v) is 7.89. The van der Waals surface area contributed by atoms with Crippen molar-refractivity contribution in [2.24, 2.45) is 0 Å². The molecule has 0 aliphatic rings. The molecule has 0 saturated heterocycles. The molecule has 1 aromatic heterocycles. The lowest BCUT2D eigenvalue weighted by Gasteiger charge is -1.98. The van der Waals surface area contributed by atoms with Gasteiger partial charge in [0.1, 0.15) is 0 Å². The van der Waals surface area contributed by atoms with Gasteiger partial charge in [0.2, 0.25) is 0 Å². The van der Waals surface area contributed by atoms with Gasteiger partial charge >= 0.3 is 0 Å². The van der Waals surface area contributed by atoms with Crippen molar-refractivity contribution >= 4 is 11.6 Å². The van der Waals surface area contributed by atoms with Gasteiger partial charge in [-0.15, -0.1) is 0 Å². The number of halogens is 1. The predicted molar refractivity (Wildman–Crippen MR) is 47.0 cm³/mol. The van der Waals surface area contributed by atoms with Crippen LogP contribution >= 0.6 is 11.6 Å². The fourth-order valence-electron chi connectivity index (χ4n) is 0.962. The van der Waals surface area contributed by atoms with Gasteiger partial charge in [-0.05, 0) is 12.8 Å². The van der Waals surface area contributed by atoms with E-state index in [9.17, 15) is 0 Å². The Hall–Kier alpha value is -0.500. The van der Waals surface area contributed by atoms with Crippen molar-refractivity contribution in [3.8, 4) is 0 Å². The zero-order valence-electron chi connectivity index (χ0n) is 7.13. The normalized spacial score (nSPS) is 11.0. The summed E-state index contributed by atoms with van der Waals surface area (Å²) in [5.41, 5.74) is 1.13. The van der Waals surface area contributed by atoms with Gasteiger partial charge in [0.05, 0.1) is 0 Å². The summed E-state index contributed by atoms with van der Waals surface area (Å²) >= 11 is 5.89. The Bertz CT molecular complexity index is 240. The summed E-state index contributed by atoms with van der Waals surface area (Å²) in [4.78, 5) is 0. The Morgan fingerprint density at radius 1 is 1.64 bits per heavy atom. The molecule has 0 atom stereocenters. The molecule has 0 spiro atoms. The molecule has 0 saturated carbocycles. The van der Waals surface area contributed by atoms with Crippen LogP contribution in [0.1, 0.15) is 32.3 Å². The maximum atomic E-state index is 5.89. The molecule has 0 unspecified atom stereocenters. The van der Waals surface area contributed by atoms with E-state index in [4.69, 9.17) is 11.6 Å². The van der Waals surface area contributed by atoms with Crippen molar-refractivity contribution in [1.29, 1.82) is 0 Å². The van der Waals surface area contributed by atoms with Crippen molar-refractivity contribution in [2.45, 2.75) is 33.2 Å². The van der Waals surface area contributed by atoms with E-state index in [-0.39, 0.29) is 0 Å². The summed E-state index contributed by atoms with van der Waals surface area (Å²) in [6.07, 6.45) is 2.01. The van der Waals surface area contributed by atoms with Crippen molar-refractivity contribution < 1.29 is 0 Å². The molecule has 0 radical (unpaired) electrons. The van der Waals surface area contributed by atoms with E-state index in [2.05, 4.69) is 18.9 Å². The highest BCUT2D eigenvalue weighted by Crippen LogP contribution is 2.21. The molecule has 2 nitrogen and oxygen atoms in total. The van der Waals surface area contributed by atoms with Crippen LogP contribution in [0, 0.1) is 0 Å². The van der Waals surface area contributed by atoms with Gasteiger partial charge in [-0.1, -0.05) is 25.4 Å². The van der Waals surface area contributed by atoms with Crippen LogP contribution in [0.5, 0.6) is 0 Å². The molecule has 0 N–H and O–H groups in total. The van der Waals surface area contributed by atoms with Gasteiger partial charge in [-0.25, -0.2) is 0 Å². The molecular weight excluding hydrogens is 160 g/mol. The van der Waals surface area contributed by atoms with Crippen molar-refractivity contribution in [3.63, 3.8) is 0 Å². The summed E-state index contributed by atoms with van der Waals surface area (Å²) in [6.45, 7) is 7.16. The average Bonchev–Trinajstić information content (AvgIpc) is 2.30. The van der Waals surface area contributed by atoms with E-state index in [1.807, 2.05) is 17.8 Å². The standard InChI is InChI=1S/C8H13ClN2/c1-4-11-5-7(6(2)3)8(9)10-11/h5-6H,4H2,1-3H3. The maximum absolute atomic E-state index is 5.89. The largest absolute Gasteiger partial charge is 0.271 e. The Kier molecular flexibility index (Phi) is 2.55. The van der Waals surface area contributed by atoms with E-state index in [0.717, 1.165) is 12.1 Å². The first-order valence-electron chi connectivity index (χ1n) is 3.88. The van der Waals surface area contributed by atoms with Crippen LogP contribution in [0.4, 0.5) is 0 Å². The molecule has 1 heterocycles. The minimum atomic E-state index is 0.461. The van der Waals surface area contributed by atoms with Crippen LogP contribution in [0.25, 0.3) is 0 Å². The molecule has 0 bridgehead atoms. The van der Waals surface area contributed by atoms with Crippen LogP contribution in [0.3, 0.4) is 0 Å². The zero-order chi connectivity index (χ0) is 8.43. The molecule has 0 amide bonds. The molecular formula is C8H13ClN2.